The molecule has 4 nitrogen and oxygen atoms in total. The van der Waals surface area contributed by atoms with E-state index in [4.69, 9.17) is 18.9 Å². The minimum atomic E-state index is -0.124. The molecule has 236 valence electrons. The van der Waals surface area contributed by atoms with Gasteiger partial charge in [0.25, 0.3) is 0 Å². The molecule has 2 aromatic rings. The minimum Gasteiger partial charge on any atom is -0.380 e. The van der Waals surface area contributed by atoms with Gasteiger partial charge in [-0.2, -0.15) is 0 Å². The maximum absolute atomic E-state index is 6.78. The second kappa shape index (κ2) is 20.6. The highest BCUT2D eigenvalue weighted by molar-refractivity contribution is 8.00. The van der Waals surface area contributed by atoms with Crippen molar-refractivity contribution in [1.82, 2.24) is 0 Å². The molecule has 1 saturated heterocycles. The van der Waals surface area contributed by atoms with Crippen molar-refractivity contribution in [3.8, 4) is 0 Å². The van der Waals surface area contributed by atoms with Gasteiger partial charge in [-0.3, -0.25) is 0 Å². The van der Waals surface area contributed by atoms with Crippen LogP contribution in [0.2, 0.25) is 0 Å². The Morgan fingerprint density at radius 3 is 1.79 bits per heavy atom. The molecule has 0 saturated carbocycles. The molecule has 0 aliphatic carbocycles. The van der Waals surface area contributed by atoms with Gasteiger partial charge in [0.1, 0.15) is 18.3 Å². The molecule has 2 aromatic carbocycles. The van der Waals surface area contributed by atoms with Crippen LogP contribution >= 0.6 is 11.8 Å². The predicted octanol–water partition coefficient (Wildman–Crippen LogP) is 9.37. The third-order valence-corrected chi connectivity index (χ3v) is 9.69. The molecule has 1 aliphatic rings. The third-order valence-electron chi connectivity index (χ3n) is 8.10. The normalized spacial score (nSPS) is 22.5. The second-order valence-corrected chi connectivity index (χ2v) is 13.1. The lowest BCUT2D eigenvalue weighted by Gasteiger charge is -2.46. The van der Waals surface area contributed by atoms with Gasteiger partial charge >= 0.3 is 0 Å². The van der Waals surface area contributed by atoms with E-state index in [1.165, 1.54) is 22.3 Å². The summed E-state index contributed by atoms with van der Waals surface area (Å²) < 4.78 is 26.5. The Kier molecular flexibility index (Phi) is 17.2. The van der Waals surface area contributed by atoms with Crippen molar-refractivity contribution in [2.75, 3.05) is 33.0 Å². The zero-order valence-corrected chi connectivity index (χ0v) is 28.0. The van der Waals surface area contributed by atoms with Crippen LogP contribution in [0.1, 0.15) is 113 Å². The standard InChI is InChI=1S/C37H58O4S/c1-6-11-22-38-28-33-34(39-23-12-7-2)35(40-24-13-8-3)36(41-25-14-9-4)37(42-33)32-17-15-16-31(27-32)26-30-20-18-29(10-5)19-21-30/h15-21,27,33-37H,6-14,22-26,28H2,1-5H3/t33-,34-,35+,36-,37+/m1/s1. The Morgan fingerprint density at radius 2 is 1.17 bits per heavy atom. The molecule has 5 heteroatoms. The molecular weight excluding hydrogens is 540 g/mol. The maximum atomic E-state index is 6.78. The SMILES string of the molecule is CCCCOC[C@H]1S[C@@H](c2cccc(Cc3ccc(CC)cc3)c2)[C@H](OCCCC)[C@@H](OCCCC)[C@@H]1OCCCC. The maximum Gasteiger partial charge on any atom is 0.112 e. The minimum absolute atomic E-state index is 0.0526. The Hall–Kier alpha value is -1.37. The number of unbranched alkanes of at least 4 members (excludes halogenated alkanes) is 4. The summed E-state index contributed by atoms with van der Waals surface area (Å²) in [6.07, 6.45) is 10.5. The van der Waals surface area contributed by atoms with Gasteiger partial charge in [0.15, 0.2) is 0 Å². The molecule has 0 aromatic heterocycles. The van der Waals surface area contributed by atoms with Gasteiger partial charge in [0.05, 0.1) is 17.1 Å². The van der Waals surface area contributed by atoms with Gasteiger partial charge < -0.3 is 18.9 Å². The molecule has 1 fully saturated rings. The fourth-order valence-electron chi connectivity index (χ4n) is 5.44. The van der Waals surface area contributed by atoms with E-state index in [2.05, 4.69) is 83.1 Å². The molecular formula is C37H58O4S. The second-order valence-electron chi connectivity index (χ2n) is 11.7. The zero-order chi connectivity index (χ0) is 30.0. The average Bonchev–Trinajstić information content (AvgIpc) is 3.01. The molecule has 0 bridgehead atoms. The predicted molar refractivity (Wildman–Crippen MR) is 179 cm³/mol. The van der Waals surface area contributed by atoms with Crippen molar-refractivity contribution < 1.29 is 18.9 Å². The first-order valence-electron chi connectivity index (χ1n) is 16.9. The lowest BCUT2D eigenvalue weighted by Crippen LogP contribution is -2.55. The summed E-state index contributed by atoms with van der Waals surface area (Å²) in [5, 5.41) is 0.341. The summed E-state index contributed by atoms with van der Waals surface area (Å²) in [7, 11) is 0. The molecule has 0 amide bonds. The van der Waals surface area contributed by atoms with Crippen LogP contribution < -0.4 is 0 Å². The van der Waals surface area contributed by atoms with E-state index in [0.717, 1.165) is 90.6 Å². The van der Waals surface area contributed by atoms with Crippen molar-refractivity contribution in [3.05, 3.63) is 70.8 Å². The van der Waals surface area contributed by atoms with Crippen LogP contribution in [0, 0.1) is 0 Å². The molecule has 3 rings (SSSR count). The summed E-state index contributed by atoms with van der Waals surface area (Å²) >= 11 is 1.98. The summed E-state index contributed by atoms with van der Waals surface area (Å²) in [5.74, 6) is 0. The summed E-state index contributed by atoms with van der Waals surface area (Å²) in [5.41, 5.74) is 5.39. The van der Waals surface area contributed by atoms with E-state index >= 15 is 0 Å². The first-order chi connectivity index (χ1) is 20.6. The highest BCUT2D eigenvalue weighted by Gasteiger charge is 2.48. The zero-order valence-electron chi connectivity index (χ0n) is 27.2. The van der Waals surface area contributed by atoms with E-state index < -0.39 is 0 Å². The van der Waals surface area contributed by atoms with Gasteiger partial charge in [0, 0.05) is 26.4 Å². The smallest absolute Gasteiger partial charge is 0.112 e. The summed E-state index contributed by atoms with van der Waals surface area (Å²) in [4.78, 5) is 0. The Balaban J connectivity index is 1.93. The lowest BCUT2D eigenvalue weighted by atomic mass is 9.94. The van der Waals surface area contributed by atoms with Gasteiger partial charge in [0.2, 0.25) is 0 Å². The molecule has 0 unspecified atom stereocenters. The molecule has 1 aliphatic heterocycles. The summed E-state index contributed by atoms with van der Waals surface area (Å²) in [6, 6.07) is 18.2. The molecule has 42 heavy (non-hydrogen) atoms. The van der Waals surface area contributed by atoms with Crippen LogP contribution in [0.5, 0.6) is 0 Å². The lowest BCUT2D eigenvalue weighted by molar-refractivity contribution is -0.149. The van der Waals surface area contributed by atoms with Gasteiger partial charge in [-0.25, -0.2) is 0 Å². The molecule has 1 heterocycles. The van der Waals surface area contributed by atoms with Crippen LogP contribution in [0.25, 0.3) is 0 Å². The van der Waals surface area contributed by atoms with Crippen molar-refractivity contribution in [1.29, 1.82) is 0 Å². The largest absolute Gasteiger partial charge is 0.380 e. The molecule has 0 spiro atoms. The van der Waals surface area contributed by atoms with Crippen LogP contribution in [-0.2, 0) is 31.8 Å². The first-order valence-corrected chi connectivity index (χ1v) is 17.8. The van der Waals surface area contributed by atoms with E-state index in [9.17, 15) is 0 Å². The van der Waals surface area contributed by atoms with E-state index in [-0.39, 0.29) is 28.8 Å². The average molecular weight is 599 g/mol. The number of ether oxygens (including phenoxy) is 4. The quantitative estimate of drug-likeness (QED) is 0.134. The van der Waals surface area contributed by atoms with Crippen LogP contribution in [0.4, 0.5) is 0 Å². The Morgan fingerprint density at radius 1 is 0.595 bits per heavy atom. The van der Waals surface area contributed by atoms with Crippen LogP contribution in [-0.4, -0.2) is 56.6 Å². The number of aryl methyl sites for hydroxylation is 1. The van der Waals surface area contributed by atoms with E-state index in [0.29, 0.717) is 6.61 Å². The highest BCUT2D eigenvalue weighted by Crippen LogP contribution is 2.47. The first kappa shape index (κ1) is 35.1. The number of thioether (sulfide) groups is 1. The fraction of sp³-hybridized carbons (Fsp3) is 0.676. The van der Waals surface area contributed by atoms with Crippen molar-refractivity contribution in [2.24, 2.45) is 0 Å². The van der Waals surface area contributed by atoms with Gasteiger partial charge in [-0.05, 0) is 60.8 Å². The van der Waals surface area contributed by atoms with Gasteiger partial charge in [-0.15, -0.1) is 11.8 Å². The number of hydrogen-bond acceptors (Lipinski definition) is 5. The van der Waals surface area contributed by atoms with Crippen LogP contribution in [0.15, 0.2) is 48.5 Å². The monoisotopic (exact) mass is 598 g/mol. The number of rotatable bonds is 21. The third kappa shape index (κ3) is 11.3. The topological polar surface area (TPSA) is 36.9 Å². The van der Waals surface area contributed by atoms with E-state index in [1.807, 2.05) is 11.8 Å². The molecule has 0 radical (unpaired) electrons. The molecule has 0 N–H and O–H groups in total. The molecule has 5 atom stereocenters. The summed E-state index contributed by atoms with van der Waals surface area (Å²) in [6.45, 7) is 14.8. The number of hydrogen-bond donors (Lipinski definition) is 0. The van der Waals surface area contributed by atoms with E-state index in [1.54, 1.807) is 0 Å². The highest BCUT2D eigenvalue weighted by atomic mass is 32.2. The fourth-order valence-corrected chi connectivity index (χ4v) is 7.07. The van der Waals surface area contributed by atoms with Crippen molar-refractivity contribution >= 4 is 11.8 Å². The Labute approximate surface area is 261 Å². The van der Waals surface area contributed by atoms with Gasteiger partial charge in [-0.1, -0.05) is 109 Å². The van der Waals surface area contributed by atoms with Crippen molar-refractivity contribution in [3.63, 3.8) is 0 Å². The number of benzene rings is 2. The van der Waals surface area contributed by atoms with Crippen molar-refractivity contribution in [2.45, 2.75) is 128 Å². The van der Waals surface area contributed by atoms with Crippen LogP contribution in [0.3, 0.4) is 0 Å². The Bertz CT molecular complexity index is 964.